The van der Waals surface area contributed by atoms with Crippen LogP contribution in [-0.2, 0) is 17.8 Å². The molecule has 2 amide bonds. The molecule has 0 atom stereocenters. The highest BCUT2D eigenvalue weighted by molar-refractivity contribution is 5.73. The van der Waals surface area contributed by atoms with Crippen molar-refractivity contribution in [1.29, 1.82) is 0 Å². The summed E-state index contributed by atoms with van der Waals surface area (Å²) in [4.78, 5) is 12.0. The Bertz CT molecular complexity index is 719. The van der Waals surface area contributed by atoms with E-state index in [0.29, 0.717) is 37.8 Å². The molecule has 7 heteroatoms. The van der Waals surface area contributed by atoms with Crippen LogP contribution in [0.15, 0.2) is 42.5 Å². The summed E-state index contributed by atoms with van der Waals surface area (Å²) in [5, 5.41) is 5.64. The molecule has 0 spiro atoms. The standard InChI is InChI=1S/C20H26N2O5/c1-24-10-11-27-17-7-4-15(5-8-17)13-21-20(23)22-14-16-6-9-18(25-2)19(12-16)26-3/h4-9,12H,10-11,13-14H2,1-3H3,(H2,21,22,23). The van der Waals surface area contributed by atoms with Crippen LogP contribution in [-0.4, -0.2) is 40.6 Å². The van der Waals surface area contributed by atoms with E-state index in [0.717, 1.165) is 16.9 Å². The van der Waals surface area contributed by atoms with Gasteiger partial charge in [0.25, 0.3) is 0 Å². The monoisotopic (exact) mass is 374 g/mol. The number of carbonyl (C=O) groups is 1. The van der Waals surface area contributed by atoms with Gasteiger partial charge in [-0.05, 0) is 35.4 Å². The van der Waals surface area contributed by atoms with Gasteiger partial charge in [-0.25, -0.2) is 4.79 Å². The fourth-order valence-corrected chi connectivity index (χ4v) is 2.36. The van der Waals surface area contributed by atoms with E-state index < -0.39 is 0 Å². The molecule has 146 valence electrons. The van der Waals surface area contributed by atoms with Crippen LogP contribution >= 0.6 is 0 Å². The fraction of sp³-hybridized carbons (Fsp3) is 0.350. The predicted octanol–water partition coefficient (Wildman–Crippen LogP) is 2.73. The SMILES string of the molecule is COCCOc1ccc(CNC(=O)NCc2ccc(OC)c(OC)c2)cc1. The number of ether oxygens (including phenoxy) is 4. The van der Waals surface area contributed by atoms with Gasteiger partial charge in [-0.15, -0.1) is 0 Å². The van der Waals surface area contributed by atoms with Crippen molar-refractivity contribution in [3.05, 3.63) is 53.6 Å². The molecule has 2 aromatic carbocycles. The summed E-state index contributed by atoms with van der Waals surface area (Å²) in [6.45, 7) is 1.87. The molecule has 2 rings (SSSR count). The third-order valence-corrected chi connectivity index (χ3v) is 3.83. The van der Waals surface area contributed by atoms with Crippen LogP contribution in [0.3, 0.4) is 0 Å². The predicted molar refractivity (Wildman–Crippen MR) is 102 cm³/mol. The lowest BCUT2D eigenvalue weighted by atomic mass is 10.2. The van der Waals surface area contributed by atoms with Gasteiger partial charge in [0.2, 0.25) is 0 Å². The van der Waals surface area contributed by atoms with Gasteiger partial charge in [-0.1, -0.05) is 18.2 Å². The smallest absolute Gasteiger partial charge is 0.315 e. The summed E-state index contributed by atoms with van der Waals surface area (Å²) in [6.07, 6.45) is 0. The highest BCUT2D eigenvalue weighted by atomic mass is 16.5. The van der Waals surface area contributed by atoms with Gasteiger partial charge in [0.05, 0.1) is 20.8 Å². The Morgan fingerprint density at radius 2 is 1.44 bits per heavy atom. The van der Waals surface area contributed by atoms with Crippen LogP contribution < -0.4 is 24.8 Å². The molecule has 0 radical (unpaired) electrons. The summed E-state index contributed by atoms with van der Waals surface area (Å²) in [5.74, 6) is 2.05. The molecule has 0 aliphatic carbocycles. The summed E-state index contributed by atoms with van der Waals surface area (Å²) in [5.41, 5.74) is 1.90. The number of hydrogen-bond donors (Lipinski definition) is 2. The molecule has 2 N–H and O–H groups in total. The summed E-state index contributed by atoms with van der Waals surface area (Å²) >= 11 is 0. The molecule has 0 fully saturated rings. The summed E-state index contributed by atoms with van der Waals surface area (Å²) in [6, 6.07) is 12.8. The third kappa shape index (κ3) is 6.71. The van der Waals surface area contributed by atoms with Crippen molar-refractivity contribution in [2.75, 3.05) is 34.5 Å². The minimum atomic E-state index is -0.245. The first kappa shape index (κ1) is 20.4. The quantitative estimate of drug-likeness (QED) is 0.625. The molecule has 0 heterocycles. The van der Waals surface area contributed by atoms with Gasteiger partial charge in [-0.2, -0.15) is 0 Å². The van der Waals surface area contributed by atoms with E-state index in [2.05, 4.69) is 10.6 Å². The van der Waals surface area contributed by atoms with Crippen molar-refractivity contribution in [2.45, 2.75) is 13.1 Å². The lowest BCUT2D eigenvalue weighted by molar-refractivity contribution is 0.146. The highest BCUT2D eigenvalue weighted by Gasteiger charge is 2.06. The first-order chi connectivity index (χ1) is 13.2. The zero-order chi connectivity index (χ0) is 19.5. The van der Waals surface area contributed by atoms with E-state index in [1.54, 1.807) is 21.3 Å². The molecule has 0 unspecified atom stereocenters. The normalized spacial score (nSPS) is 10.2. The van der Waals surface area contributed by atoms with Crippen LogP contribution in [0, 0.1) is 0 Å². The molecule has 7 nitrogen and oxygen atoms in total. The summed E-state index contributed by atoms with van der Waals surface area (Å²) < 4.78 is 20.9. The number of urea groups is 1. The van der Waals surface area contributed by atoms with Crippen molar-refractivity contribution >= 4 is 6.03 Å². The van der Waals surface area contributed by atoms with E-state index in [4.69, 9.17) is 18.9 Å². The van der Waals surface area contributed by atoms with E-state index in [-0.39, 0.29) is 6.03 Å². The van der Waals surface area contributed by atoms with E-state index in [1.807, 2.05) is 42.5 Å². The molecule has 0 saturated carbocycles. The maximum absolute atomic E-state index is 12.0. The number of hydrogen-bond acceptors (Lipinski definition) is 5. The first-order valence-electron chi connectivity index (χ1n) is 8.59. The molecular weight excluding hydrogens is 348 g/mol. The Balaban J connectivity index is 1.76. The Morgan fingerprint density at radius 3 is 2.07 bits per heavy atom. The van der Waals surface area contributed by atoms with E-state index in [9.17, 15) is 4.79 Å². The van der Waals surface area contributed by atoms with Gasteiger partial charge in [0.15, 0.2) is 11.5 Å². The average molecular weight is 374 g/mol. The third-order valence-electron chi connectivity index (χ3n) is 3.83. The molecule has 27 heavy (non-hydrogen) atoms. The van der Waals surface area contributed by atoms with Crippen molar-refractivity contribution in [1.82, 2.24) is 10.6 Å². The van der Waals surface area contributed by atoms with Gasteiger partial charge in [0, 0.05) is 20.2 Å². The van der Waals surface area contributed by atoms with Crippen LogP contribution in [0.4, 0.5) is 4.79 Å². The number of rotatable bonds is 10. The number of nitrogens with one attached hydrogen (secondary N) is 2. The lowest BCUT2D eigenvalue weighted by Crippen LogP contribution is -2.34. The summed E-state index contributed by atoms with van der Waals surface area (Å²) in [7, 11) is 4.80. The van der Waals surface area contributed by atoms with Crippen LogP contribution in [0.1, 0.15) is 11.1 Å². The van der Waals surface area contributed by atoms with E-state index in [1.165, 1.54) is 0 Å². The first-order valence-corrected chi connectivity index (χ1v) is 8.59. The topological polar surface area (TPSA) is 78.1 Å². The molecule has 0 saturated heterocycles. The molecule has 0 aliphatic rings. The number of benzene rings is 2. The Hall–Kier alpha value is -2.93. The highest BCUT2D eigenvalue weighted by Crippen LogP contribution is 2.27. The zero-order valence-corrected chi connectivity index (χ0v) is 15.9. The fourth-order valence-electron chi connectivity index (χ4n) is 2.36. The second-order valence-corrected chi connectivity index (χ2v) is 5.71. The van der Waals surface area contributed by atoms with Crippen molar-refractivity contribution in [3.63, 3.8) is 0 Å². The van der Waals surface area contributed by atoms with Crippen LogP contribution in [0.2, 0.25) is 0 Å². The molecule has 0 aliphatic heterocycles. The second kappa shape index (κ2) is 10.9. The number of carbonyl (C=O) groups excluding carboxylic acids is 1. The van der Waals surface area contributed by atoms with Crippen LogP contribution in [0.25, 0.3) is 0 Å². The molecular formula is C20H26N2O5. The molecule has 0 bridgehead atoms. The second-order valence-electron chi connectivity index (χ2n) is 5.71. The van der Waals surface area contributed by atoms with Crippen LogP contribution in [0.5, 0.6) is 17.2 Å². The van der Waals surface area contributed by atoms with Crippen molar-refractivity contribution < 1.29 is 23.7 Å². The van der Waals surface area contributed by atoms with E-state index >= 15 is 0 Å². The van der Waals surface area contributed by atoms with Gasteiger partial charge < -0.3 is 29.6 Å². The molecule has 2 aromatic rings. The number of amides is 2. The Kier molecular flexibility index (Phi) is 8.25. The minimum absolute atomic E-state index is 0.245. The Labute approximate surface area is 159 Å². The Morgan fingerprint density at radius 1 is 0.815 bits per heavy atom. The van der Waals surface area contributed by atoms with Gasteiger partial charge >= 0.3 is 6.03 Å². The number of methoxy groups -OCH3 is 3. The van der Waals surface area contributed by atoms with Gasteiger partial charge in [-0.3, -0.25) is 0 Å². The minimum Gasteiger partial charge on any atom is -0.493 e. The lowest BCUT2D eigenvalue weighted by Gasteiger charge is -2.11. The molecule has 0 aromatic heterocycles. The maximum Gasteiger partial charge on any atom is 0.315 e. The van der Waals surface area contributed by atoms with Crippen molar-refractivity contribution in [2.24, 2.45) is 0 Å². The van der Waals surface area contributed by atoms with Gasteiger partial charge in [0.1, 0.15) is 12.4 Å². The van der Waals surface area contributed by atoms with Crippen molar-refractivity contribution in [3.8, 4) is 17.2 Å². The largest absolute Gasteiger partial charge is 0.493 e. The maximum atomic E-state index is 12.0. The average Bonchev–Trinajstić information content (AvgIpc) is 2.71. The zero-order valence-electron chi connectivity index (χ0n) is 15.9.